The highest BCUT2D eigenvalue weighted by molar-refractivity contribution is 7.15. The van der Waals surface area contributed by atoms with Crippen molar-refractivity contribution in [3.63, 3.8) is 0 Å². The quantitative estimate of drug-likeness (QED) is 0.899. The van der Waals surface area contributed by atoms with Crippen molar-refractivity contribution in [1.82, 2.24) is 9.88 Å². The summed E-state index contributed by atoms with van der Waals surface area (Å²) in [4.78, 5) is 11.1. The first-order valence-electron chi connectivity index (χ1n) is 6.99. The minimum Gasteiger partial charge on any atom is -0.345 e. The van der Waals surface area contributed by atoms with Gasteiger partial charge in [-0.05, 0) is 25.8 Å². The number of aryl methyl sites for hydroxylation is 1. The molecule has 1 aromatic rings. The minimum absolute atomic E-state index is 0.629. The van der Waals surface area contributed by atoms with Gasteiger partial charge in [-0.15, -0.1) is 11.3 Å². The molecule has 2 saturated heterocycles. The molecule has 1 aromatic heterocycles. The van der Waals surface area contributed by atoms with Crippen LogP contribution in [0, 0.1) is 0 Å². The molecule has 2 aliphatic rings. The third-order valence-corrected chi connectivity index (χ3v) is 5.33. The highest BCUT2D eigenvalue weighted by Crippen LogP contribution is 2.30. The van der Waals surface area contributed by atoms with E-state index in [-0.39, 0.29) is 0 Å². The van der Waals surface area contributed by atoms with Gasteiger partial charge < -0.3 is 10.6 Å². The molecule has 3 rings (SSSR count). The summed E-state index contributed by atoms with van der Waals surface area (Å²) in [6, 6.07) is 0.758. The second-order valence-corrected chi connectivity index (χ2v) is 6.26. The van der Waals surface area contributed by atoms with Crippen LogP contribution in [-0.4, -0.2) is 42.1 Å². The van der Waals surface area contributed by atoms with Crippen LogP contribution < -0.4 is 10.6 Å². The molecule has 0 radical (unpaired) electrons. The van der Waals surface area contributed by atoms with Crippen molar-refractivity contribution < 1.29 is 0 Å². The Bertz CT molecular complexity index is 396. The normalized spacial score (nSPS) is 24.6. The molecule has 5 heteroatoms. The van der Waals surface area contributed by atoms with Gasteiger partial charge >= 0.3 is 0 Å². The number of anilines is 1. The van der Waals surface area contributed by atoms with Crippen LogP contribution in [0.25, 0.3) is 0 Å². The molecule has 1 atom stereocenters. The lowest BCUT2D eigenvalue weighted by Crippen LogP contribution is -2.50. The van der Waals surface area contributed by atoms with Crippen LogP contribution in [0.5, 0.6) is 0 Å². The molecule has 1 unspecified atom stereocenters. The average molecular weight is 266 g/mol. The summed E-state index contributed by atoms with van der Waals surface area (Å²) in [7, 11) is 0. The first kappa shape index (κ1) is 12.4. The number of rotatable bonds is 3. The van der Waals surface area contributed by atoms with Crippen molar-refractivity contribution in [3.8, 4) is 0 Å². The number of thiazole rings is 1. The number of hydrogen-bond acceptors (Lipinski definition) is 5. The zero-order valence-electron chi connectivity index (χ0n) is 11.1. The maximum atomic E-state index is 5.80. The van der Waals surface area contributed by atoms with Crippen LogP contribution in [0.2, 0.25) is 0 Å². The maximum Gasteiger partial charge on any atom is 0.185 e. The van der Waals surface area contributed by atoms with Gasteiger partial charge in [-0.1, -0.05) is 6.92 Å². The maximum absolute atomic E-state index is 5.80. The predicted octanol–water partition coefficient (Wildman–Crippen LogP) is 1.45. The van der Waals surface area contributed by atoms with Crippen molar-refractivity contribution >= 4 is 16.5 Å². The summed E-state index contributed by atoms with van der Waals surface area (Å²) in [6.07, 6.45) is 3.71. The minimum atomic E-state index is 0.629. The van der Waals surface area contributed by atoms with Crippen molar-refractivity contribution in [2.75, 3.05) is 31.1 Å². The number of hydrogen-bond donors (Lipinski definition) is 1. The molecule has 0 amide bonds. The van der Waals surface area contributed by atoms with Crippen LogP contribution in [0.4, 0.5) is 5.13 Å². The first-order valence-corrected chi connectivity index (χ1v) is 7.81. The Morgan fingerprint density at radius 3 is 3.00 bits per heavy atom. The highest BCUT2D eigenvalue weighted by Gasteiger charge is 2.31. The largest absolute Gasteiger partial charge is 0.345 e. The fourth-order valence-electron chi connectivity index (χ4n) is 3.11. The zero-order valence-corrected chi connectivity index (χ0v) is 11.9. The van der Waals surface area contributed by atoms with E-state index in [1.807, 2.05) is 0 Å². The smallest absolute Gasteiger partial charge is 0.185 e. The summed E-state index contributed by atoms with van der Waals surface area (Å²) in [5.41, 5.74) is 7.00. The van der Waals surface area contributed by atoms with Gasteiger partial charge in [0.1, 0.15) is 0 Å². The lowest BCUT2D eigenvalue weighted by Gasteiger charge is -2.37. The van der Waals surface area contributed by atoms with Gasteiger partial charge in [-0.3, -0.25) is 4.90 Å². The molecule has 2 aliphatic heterocycles. The monoisotopic (exact) mass is 266 g/mol. The van der Waals surface area contributed by atoms with E-state index < -0.39 is 0 Å². The van der Waals surface area contributed by atoms with Crippen LogP contribution in [-0.2, 0) is 13.0 Å². The van der Waals surface area contributed by atoms with E-state index in [0.717, 1.165) is 25.6 Å². The standard InChI is InChI=1S/C13H22N4S/c1-2-11-12(8-14)18-13(15-11)17-7-6-16-5-3-4-10(16)9-17/h10H,2-9,14H2,1H3. The van der Waals surface area contributed by atoms with E-state index in [1.54, 1.807) is 11.3 Å². The molecule has 2 N–H and O–H groups in total. The van der Waals surface area contributed by atoms with Gasteiger partial charge in [0.05, 0.1) is 5.69 Å². The molecular weight excluding hydrogens is 244 g/mol. The second kappa shape index (κ2) is 5.15. The van der Waals surface area contributed by atoms with Crippen LogP contribution in [0.15, 0.2) is 0 Å². The molecule has 0 aromatic carbocycles. The Morgan fingerprint density at radius 2 is 2.28 bits per heavy atom. The van der Waals surface area contributed by atoms with E-state index in [9.17, 15) is 0 Å². The summed E-state index contributed by atoms with van der Waals surface area (Å²) in [5.74, 6) is 0. The molecule has 0 spiro atoms. The number of nitrogens with zero attached hydrogens (tertiary/aromatic N) is 3. The topological polar surface area (TPSA) is 45.4 Å². The summed E-state index contributed by atoms with van der Waals surface area (Å²) < 4.78 is 0. The van der Waals surface area contributed by atoms with Crippen LogP contribution in [0.1, 0.15) is 30.3 Å². The average Bonchev–Trinajstić information content (AvgIpc) is 3.03. The molecular formula is C13H22N4S. The van der Waals surface area contributed by atoms with Crippen molar-refractivity contribution in [2.24, 2.45) is 5.73 Å². The number of fused-ring (bicyclic) bond motifs is 1. The lowest BCUT2D eigenvalue weighted by molar-refractivity contribution is 0.231. The fourth-order valence-corrected chi connectivity index (χ4v) is 4.17. The third-order valence-electron chi connectivity index (χ3n) is 4.15. The van der Waals surface area contributed by atoms with Gasteiger partial charge in [0.25, 0.3) is 0 Å². The molecule has 2 fully saturated rings. The Hall–Kier alpha value is -0.650. The van der Waals surface area contributed by atoms with E-state index in [0.29, 0.717) is 6.54 Å². The fraction of sp³-hybridized carbons (Fsp3) is 0.769. The van der Waals surface area contributed by atoms with E-state index in [2.05, 4.69) is 16.7 Å². The third kappa shape index (κ3) is 2.15. The number of aromatic nitrogens is 1. The van der Waals surface area contributed by atoms with E-state index in [4.69, 9.17) is 10.7 Å². The Balaban J connectivity index is 1.76. The summed E-state index contributed by atoms with van der Waals surface area (Å²) in [6.45, 7) is 7.56. The SMILES string of the molecule is CCc1nc(N2CCN3CCCC3C2)sc1CN. The van der Waals surface area contributed by atoms with Crippen molar-refractivity contribution in [2.45, 2.75) is 38.8 Å². The second-order valence-electron chi connectivity index (χ2n) is 5.20. The molecule has 18 heavy (non-hydrogen) atoms. The van der Waals surface area contributed by atoms with Gasteiger partial charge in [0, 0.05) is 37.1 Å². The Morgan fingerprint density at radius 1 is 1.39 bits per heavy atom. The van der Waals surface area contributed by atoms with Gasteiger partial charge in [0.15, 0.2) is 5.13 Å². The van der Waals surface area contributed by atoms with Crippen LogP contribution >= 0.6 is 11.3 Å². The summed E-state index contributed by atoms with van der Waals surface area (Å²) >= 11 is 1.80. The molecule has 0 bridgehead atoms. The van der Waals surface area contributed by atoms with Gasteiger partial charge in [-0.25, -0.2) is 4.98 Å². The lowest BCUT2D eigenvalue weighted by atomic mass is 10.2. The molecule has 3 heterocycles. The van der Waals surface area contributed by atoms with Crippen LogP contribution in [0.3, 0.4) is 0 Å². The first-order chi connectivity index (χ1) is 8.81. The summed E-state index contributed by atoms with van der Waals surface area (Å²) in [5, 5.41) is 1.19. The number of nitrogens with two attached hydrogens (primary N) is 1. The van der Waals surface area contributed by atoms with Crippen molar-refractivity contribution in [3.05, 3.63) is 10.6 Å². The predicted molar refractivity (Wildman–Crippen MR) is 76.2 cm³/mol. The molecule has 0 aliphatic carbocycles. The van der Waals surface area contributed by atoms with Gasteiger partial charge in [-0.2, -0.15) is 0 Å². The zero-order chi connectivity index (χ0) is 12.5. The number of piperazine rings is 1. The molecule has 100 valence electrons. The highest BCUT2D eigenvalue weighted by atomic mass is 32.1. The van der Waals surface area contributed by atoms with Gasteiger partial charge in [0.2, 0.25) is 0 Å². The Labute approximate surface area is 113 Å². The molecule has 0 saturated carbocycles. The molecule has 4 nitrogen and oxygen atoms in total. The van der Waals surface area contributed by atoms with Crippen molar-refractivity contribution in [1.29, 1.82) is 0 Å². The Kier molecular flexibility index (Phi) is 3.54. The van der Waals surface area contributed by atoms with E-state index >= 15 is 0 Å². The van der Waals surface area contributed by atoms with E-state index in [1.165, 1.54) is 41.6 Å².